The molecule has 0 unspecified atom stereocenters. The molecule has 0 aliphatic heterocycles. The van der Waals surface area contributed by atoms with Gasteiger partial charge >= 0.3 is 0 Å². The van der Waals surface area contributed by atoms with E-state index in [0.717, 1.165) is 5.92 Å². The van der Waals surface area contributed by atoms with Gasteiger partial charge in [-0.05, 0) is 44.7 Å². The standard InChI is InChI=1S/C16H25N/c1-14(2)17(16-11-7-4-8-12-16)13-15-9-5-3-6-10-15/h4,7-8,11-12,14-15H,3,5-6,9-10,13H2,1-2H3. The third-order valence-corrected chi connectivity index (χ3v) is 3.89. The smallest absolute Gasteiger partial charge is 0.0368 e. The molecule has 94 valence electrons. The second kappa shape index (κ2) is 6.09. The second-order valence-electron chi connectivity index (χ2n) is 5.59. The van der Waals surface area contributed by atoms with Crippen LogP contribution < -0.4 is 4.90 Å². The Kier molecular flexibility index (Phi) is 4.47. The van der Waals surface area contributed by atoms with E-state index in [1.807, 2.05) is 0 Å². The summed E-state index contributed by atoms with van der Waals surface area (Å²) in [4.78, 5) is 2.57. The first-order chi connectivity index (χ1) is 8.27. The lowest BCUT2D eigenvalue weighted by Gasteiger charge is -2.34. The van der Waals surface area contributed by atoms with Crippen LogP contribution in [0.25, 0.3) is 0 Å². The molecule has 0 spiro atoms. The maximum atomic E-state index is 2.57. The van der Waals surface area contributed by atoms with Gasteiger partial charge in [0.1, 0.15) is 0 Å². The summed E-state index contributed by atoms with van der Waals surface area (Å²) in [6.07, 6.45) is 7.17. The summed E-state index contributed by atoms with van der Waals surface area (Å²) < 4.78 is 0. The Morgan fingerprint density at radius 2 is 1.71 bits per heavy atom. The van der Waals surface area contributed by atoms with E-state index in [-0.39, 0.29) is 0 Å². The van der Waals surface area contributed by atoms with Crippen molar-refractivity contribution in [2.75, 3.05) is 11.4 Å². The number of hydrogen-bond acceptors (Lipinski definition) is 1. The molecule has 1 aliphatic rings. The van der Waals surface area contributed by atoms with E-state index < -0.39 is 0 Å². The van der Waals surface area contributed by atoms with Gasteiger partial charge in [-0.3, -0.25) is 0 Å². The normalized spacial score (nSPS) is 17.4. The second-order valence-corrected chi connectivity index (χ2v) is 5.59. The molecular formula is C16H25N. The molecule has 0 heterocycles. The van der Waals surface area contributed by atoms with E-state index in [1.165, 1.54) is 44.3 Å². The first-order valence-electron chi connectivity index (χ1n) is 7.09. The molecule has 1 fully saturated rings. The maximum Gasteiger partial charge on any atom is 0.0368 e. The number of benzene rings is 1. The van der Waals surface area contributed by atoms with Crippen LogP contribution in [0.3, 0.4) is 0 Å². The summed E-state index contributed by atoms with van der Waals surface area (Å²) in [5.74, 6) is 0.909. The van der Waals surface area contributed by atoms with Crippen LogP contribution in [0.4, 0.5) is 5.69 Å². The zero-order valence-corrected chi connectivity index (χ0v) is 11.2. The topological polar surface area (TPSA) is 3.24 Å². The van der Waals surface area contributed by atoms with Crippen LogP contribution in [0.2, 0.25) is 0 Å². The van der Waals surface area contributed by atoms with Crippen LogP contribution >= 0.6 is 0 Å². The van der Waals surface area contributed by atoms with Gasteiger partial charge in [-0.15, -0.1) is 0 Å². The van der Waals surface area contributed by atoms with Crippen molar-refractivity contribution in [2.24, 2.45) is 5.92 Å². The number of nitrogens with zero attached hydrogens (tertiary/aromatic N) is 1. The third-order valence-electron chi connectivity index (χ3n) is 3.89. The Morgan fingerprint density at radius 1 is 1.06 bits per heavy atom. The summed E-state index contributed by atoms with van der Waals surface area (Å²) in [5, 5.41) is 0. The lowest BCUT2D eigenvalue weighted by atomic mass is 9.88. The summed E-state index contributed by atoms with van der Waals surface area (Å²) in [5.41, 5.74) is 1.38. The molecule has 0 N–H and O–H groups in total. The highest BCUT2D eigenvalue weighted by molar-refractivity contribution is 5.46. The molecule has 0 amide bonds. The summed E-state index contributed by atoms with van der Waals surface area (Å²) in [6, 6.07) is 11.5. The molecule has 0 aromatic heterocycles. The van der Waals surface area contributed by atoms with Crippen LogP contribution in [-0.4, -0.2) is 12.6 Å². The fourth-order valence-electron chi connectivity index (χ4n) is 2.88. The minimum atomic E-state index is 0.597. The molecular weight excluding hydrogens is 206 g/mol. The minimum Gasteiger partial charge on any atom is -0.369 e. The molecule has 0 saturated heterocycles. The van der Waals surface area contributed by atoms with Crippen LogP contribution in [0.1, 0.15) is 46.0 Å². The zero-order chi connectivity index (χ0) is 12.1. The fourth-order valence-corrected chi connectivity index (χ4v) is 2.88. The molecule has 1 nitrogen and oxygen atoms in total. The van der Waals surface area contributed by atoms with Crippen LogP contribution in [0, 0.1) is 5.92 Å². The summed E-state index contributed by atoms with van der Waals surface area (Å²) in [6.45, 7) is 5.84. The van der Waals surface area contributed by atoms with Gasteiger partial charge in [-0.25, -0.2) is 0 Å². The van der Waals surface area contributed by atoms with Crippen molar-refractivity contribution in [2.45, 2.75) is 52.0 Å². The Hall–Kier alpha value is -0.980. The molecule has 1 saturated carbocycles. The molecule has 0 radical (unpaired) electrons. The molecule has 1 aliphatic carbocycles. The predicted octanol–water partition coefficient (Wildman–Crippen LogP) is 4.48. The molecule has 1 heteroatoms. The molecule has 0 atom stereocenters. The van der Waals surface area contributed by atoms with E-state index >= 15 is 0 Å². The molecule has 2 rings (SSSR count). The van der Waals surface area contributed by atoms with Crippen molar-refractivity contribution >= 4 is 5.69 Å². The zero-order valence-electron chi connectivity index (χ0n) is 11.2. The number of hydrogen-bond donors (Lipinski definition) is 0. The largest absolute Gasteiger partial charge is 0.369 e. The highest BCUT2D eigenvalue weighted by Crippen LogP contribution is 2.27. The van der Waals surface area contributed by atoms with E-state index in [1.54, 1.807) is 0 Å². The maximum absolute atomic E-state index is 2.57. The van der Waals surface area contributed by atoms with E-state index in [4.69, 9.17) is 0 Å². The summed E-state index contributed by atoms with van der Waals surface area (Å²) >= 11 is 0. The van der Waals surface area contributed by atoms with E-state index in [9.17, 15) is 0 Å². The lowest BCUT2D eigenvalue weighted by molar-refractivity contribution is 0.353. The Balaban J connectivity index is 2.02. The van der Waals surface area contributed by atoms with Gasteiger partial charge in [-0.1, -0.05) is 37.5 Å². The molecule has 17 heavy (non-hydrogen) atoms. The van der Waals surface area contributed by atoms with Gasteiger partial charge < -0.3 is 4.90 Å². The molecule has 0 bridgehead atoms. The lowest BCUT2D eigenvalue weighted by Crippen LogP contribution is -2.36. The molecule has 1 aromatic rings. The van der Waals surface area contributed by atoms with Gasteiger partial charge in [0, 0.05) is 18.3 Å². The fraction of sp³-hybridized carbons (Fsp3) is 0.625. The van der Waals surface area contributed by atoms with Crippen molar-refractivity contribution in [1.29, 1.82) is 0 Å². The Morgan fingerprint density at radius 3 is 2.29 bits per heavy atom. The van der Waals surface area contributed by atoms with Crippen molar-refractivity contribution < 1.29 is 0 Å². The monoisotopic (exact) mass is 231 g/mol. The van der Waals surface area contributed by atoms with E-state index in [2.05, 4.69) is 49.1 Å². The van der Waals surface area contributed by atoms with Gasteiger partial charge in [0.2, 0.25) is 0 Å². The van der Waals surface area contributed by atoms with Crippen molar-refractivity contribution in [3.63, 3.8) is 0 Å². The van der Waals surface area contributed by atoms with Crippen molar-refractivity contribution in [3.8, 4) is 0 Å². The molecule has 1 aromatic carbocycles. The van der Waals surface area contributed by atoms with Crippen LogP contribution in [0.15, 0.2) is 30.3 Å². The minimum absolute atomic E-state index is 0.597. The Labute approximate surface area is 106 Å². The van der Waals surface area contributed by atoms with Crippen LogP contribution in [0.5, 0.6) is 0 Å². The first kappa shape index (κ1) is 12.5. The average Bonchev–Trinajstić information content (AvgIpc) is 2.38. The van der Waals surface area contributed by atoms with Crippen molar-refractivity contribution in [1.82, 2.24) is 0 Å². The predicted molar refractivity (Wildman–Crippen MR) is 75.5 cm³/mol. The average molecular weight is 231 g/mol. The first-order valence-corrected chi connectivity index (χ1v) is 7.09. The van der Waals surface area contributed by atoms with Gasteiger partial charge in [0.05, 0.1) is 0 Å². The number of para-hydroxylation sites is 1. The van der Waals surface area contributed by atoms with Gasteiger partial charge in [-0.2, -0.15) is 0 Å². The van der Waals surface area contributed by atoms with Gasteiger partial charge in [0.15, 0.2) is 0 Å². The highest BCUT2D eigenvalue weighted by Gasteiger charge is 2.19. The third kappa shape index (κ3) is 3.49. The highest BCUT2D eigenvalue weighted by atomic mass is 15.2. The van der Waals surface area contributed by atoms with Crippen molar-refractivity contribution in [3.05, 3.63) is 30.3 Å². The summed E-state index contributed by atoms with van der Waals surface area (Å²) in [7, 11) is 0. The Bertz CT molecular complexity index is 312. The number of anilines is 1. The SMILES string of the molecule is CC(C)N(CC1CCCCC1)c1ccccc1. The van der Waals surface area contributed by atoms with E-state index in [0.29, 0.717) is 6.04 Å². The van der Waals surface area contributed by atoms with Gasteiger partial charge in [0.25, 0.3) is 0 Å². The van der Waals surface area contributed by atoms with Crippen LogP contribution in [-0.2, 0) is 0 Å². The number of rotatable bonds is 4. The quantitative estimate of drug-likeness (QED) is 0.738.